The van der Waals surface area contributed by atoms with Gasteiger partial charge in [-0.2, -0.15) is 0 Å². The van der Waals surface area contributed by atoms with Crippen LogP contribution in [0.3, 0.4) is 0 Å². The Hall–Kier alpha value is -1.88. The van der Waals surface area contributed by atoms with Crippen molar-refractivity contribution in [3.05, 3.63) is 34.9 Å². The molecule has 6 rings (SSSR count). The van der Waals surface area contributed by atoms with Gasteiger partial charge >= 0.3 is 0 Å². The van der Waals surface area contributed by atoms with Crippen LogP contribution in [0.1, 0.15) is 220 Å². The van der Waals surface area contributed by atoms with Crippen molar-refractivity contribution in [3.63, 3.8) is 0 Å². The zero-order chi connectivity index (χ0) is 53.7. The number of carbonyl (C=O) groups excluding carboxylic acids is 3. The van der Waals surface area contributed by atoms with Crippen molar-refractivity contribution in [2.75, 3.05) is 21.2 Å². The summed E-state index contributed by atoms with van der Waals surface area (Å²) in [6.07, 6.45) is 15.5. The van der Waals surface area contributed by atoms with Gasteiger partial charge in [0.1, 0.15) is 0 Å². The van der Waals surface area contributed by atoms with E-state index in [0.29, 0.717) is 28.6 Å². The molecule has 11 heteroatoms. The molecule has 2 amide bonds. The maximum absolute atomic E-state index is 9.70. The first-order valence-corrected chi connectivity index (χ1v) is 26.5. The smallest absolute Gasteiger partial charge is 0.300 e. The largest absolute Gasteiger partial charge is 0.481 e. The number of hydrogen-bond donors (Lipinski definition) is 4. The quantitative estimate of drug-likeness (QED) is 0.132. The number of ether oxygens (including phenoxy) is 1. The van der Waals surface area contributed by atoms with E-state index in [1.54, 1.807) is 14.1 Å². The number of nitrogens with one attached hydrogen (secondary N) is 2. The number of hydrogen-bond acceptors (Lipinski definition) is 7. The van der Waals surface area contributed by atoms with Gasteiger partial charge < -0.3 is 20.5 Å². The fourth-order valence-corrected chi connectivity index (χ4v) is 13.1. The Morgan fingerprint density at radius 3 is 1.46 bits per heavy atom. The summed E-state index contributed by atoms with van der Waals surface area (Å²) < 4.78 is 3.86. The van der Waals surface area contributed by atoms with Crippen molar-refractivity contribution in [2.24, 2.45) is 75.4 Å². The first-order chi connectivity index (χ1) is 31.6. The van der Waals surface area contributed by atoms with Crippen LogP contribution in [0.25, 0.3) is 0 Å². The first-order valence-electron chi connectivity index (χ1n) is 26.5. The number of aliphatic carboxylic acids is 1. The standard InChI is InChI=1S/C25H44O2.C10H20.C9H12.2C3H7NO.2C2H4O2.2C2H6.2CH4.Y/c1-16(27-26)17-11-13-24(5)18(15-17)7-8-19-20-9-10-22(23(2,3)4)25(20,6)14-12-21(19)24;1-5-10-8(3)6-7(2)9(10)4;1-7-4-8(2)6-9(3)5-7;2*1-3(5)4-2;1-4-2-3;1-2(3)4;2*1-2;;;/h16-22,26H,7-15H2,1-6H3;7-10H,5-6H2,1-4H3;4-6H,1-3H3;2*1-2H3,(H,4,5);2H,1H3;1H3,(H,3,4);2*1-2H3;2*1H4;. The molecule has 1 aromatic rings. The number of carboxylic acid groups (broad SMARTS) is 1. The summed E-state index contributed by atoms with van der Waals surface area (Å²) in [7, 11) is 4.51. The third-order valence-corrected chi connectivity index (χ3v) is 16.3. The molecule has 0 saturated heterocycles. The number of rotatable bonds is 4. The number of fused-ring (bicyclic) bond motifs is 5. The molecular weight excluding hydrogens is 966 g/mol. The molecule has 71 heavy (non-hydrogen) atoms. The summed E-state index contributed by atoms with van der Waals surface area (Å²) in [5.41, 5.74) is 5.64. The van der Waals surface area contributed by atoms with Gasteiger partial charge in [-0.05, 0) is 167 Å². The monoisotopic (exact) mass is 1080 g/mol. The van der Waals surface area contributed by atoms with Crippen LogP contribution >= 0.6 is 0 Å². The van der Waals surface area contributed by atoms with E-state index in [2.05, 4.69) is 124 Å². The second-order valence-electron chi connectivity index (χ2n) is 21.8. The van der Waals surface area contributed by atoms with E-state index in [9.17, 15) is 9.59 Å². The van der Waals surface area contributed by atoms with Crippen molar-refractivity contribution in [1.29, 1.82) is 0 Å². The van der Waals surface area contributed by atoms with Crippen LogP contribution in [0, 0.1) is 96.2 Å². The predicted molar refractivity (Wildman–Crippen MR) is 300 cm³/mol. The number of carbonyl (C=O) groups is 4. The number of benzene rings is 1. The molecule has 1 radical (unpaired) electrons. The van der Waals surface area contributed by atoms with E-state index < -0.39 is 5.97 Å². The predicted octanol–water partition coefficient (Wildman–Crippen LogP) is 15.8. The molecule has 10 nitrogen and oxygen atoms in total. The van der Waals surface area contributed by atoms with Gasteiger partial charge in [-0.25, -0.2) is 4.89 Å². The number of amides is 2. The molecule has 5 fully saturated rings. The summed E-state index contributed by atoms with van der Waals surface area (Å²) in [6.45, 7) is 43.2. The zero-order valence-electron chi connectivity index (χ0n) is 48.9. The maximum Gasteiger partial charge on any atom is 0.300 e. The summed E-state index contributed by atoms with van der Waals surface area (Å²) >= 11 is 0. The van der Waals surface area contributed by atoms with Gasteiger partial charge in [0, 0.05) is 67.6 Å². The van der Waals surface area contributed by atoms with Gasteiger partial charge in [-0.1, -0.05) is 146 Å². The summed E-state index contributed by atoms with van der Waals surface area (Å²) in [5.74, 6) is 8.30. The van der Waals surface area contributed by atoms with Crippen molar-refractivity contribution in [1.82, 2.24) is 10.6 Å². The number of aryl methyl sites for hydroxylation is 3. The fraction of sp³-hybridized carbons (Fsp3) is 0.833. The molecule has 5 aliphatic carbocycles. The second kappa shape index (κ2) is 41.4. The van der Waals surface area contributed by atoms with Crippen LogP contribution < -0.4 is 10.6 Å². The number of methoxy groups -OCH3 is 1. The van der Waals surface area contributed by atoms with E-state index in [4.69, 9.17) is 24.8 Å². The van der Waals surface area contributed by atoms with Crippen LogP contribution in [0.15, 0.2) is 18.2 Å². The molecule has 0 heterocycles. The van der Waals surface area contributed by atoms with Crippen LogP contribution in [0.4, 0.5) is 0 Å². The summed E-state index contributed by atoms with van der Waals surface area (Å²) in [6, 6.07) is 6.56. The molecular formula is C60H118N2O8Y. The van der Waals surface area contributed by atoms with Crippen LogP contribution in [0.2, 0.25) is 0 Å². The van der Waals surface area contributed by atoms with Crippen molar-refractivity contribution >= 4 is 24.3 Å². The molecule has 5 aliphatic rings. The van der Waals surface area contributed by atoms with Gasteiger partial charge in [-0.15, -0.1) is 0 Å². The third-order valence-electron chi connectivity index (χ3n) is 16.3. The minimum atomic E-state index is -0.833. The summed E-state index contributed by atoms with van der Waals surface area (Å²) in [4.78, 5) is 42.1. The molecule has 4 N–H and O–H groups in total. The third kappa shape index (κ3) is 28.0. The molecule has 5 saturated carbocycles. The molecule has 0 spiro atoms. The SMILES string of the molecule is C.C.CC.CC.CC(=O)O.CC(OO)C1CCC2(C)C(CCC3C2CCC2(C)C3CCC2C(C)(C)C)C1.CCC1C(C)CC(C)C1C.CNC(C)=O.CNC(C)=O.COC=O.Cc1cc(C)cc(C)c1.[Y]. The zero-order valence-corrected chi connectivity index (χ0v) is 51.7. The van der Waals surface area contributed by atoms with E-state index in [0.717, 1.165) is 60.2 Å². The normalized spacial score (nSPS) is 29.2. The van der Waals surface area contributed by atoms with E-state index in [1.165, 1.54) is 108 Å². The molecule has 0 aliphatic heterocycles. The van der Waals surface area contributed by atoms with Crippen LogP contribution in [-0.4, -0.2) is 61.9 Å². The average molecular weight is 1080 g/mol. The minimum absolute atomic E-state index is 0. The molecule has 0 aromatic heterocycles. The molecule has 419 valence electrons. The van der Waals surface area contributed by atoms with Gasteiger partial charge in [-0.3, -0.25) is 24.4 Å². The molecule has 13 atom stereocenters. The number of carboxylic acids is 1. The Morgan fingerprint density at radius 2 is 1.15 bits per heavy atom. The fourth-order valence-electron chi connectivity index (χ4n) is 13.1. The van der Waals surface area contributed by atoms with E-state index in [-0.39, 0.29) is 65.5 Å². The van der Waals surface area contributed by atoms with Crippen LogP contribution in [0.5, 0.6) is 0 Å². The minimum Gasteiger partial charge on any atom is -0.481 e. The van der Waals surface area contributed by atoms with Crippen molar-refractivity contribution in [2.45, 2.75) is 230 Å². The maximum atomic E-state index is 9.70. The van der Waals surface area contributed by atoms with Crippen molar-refractivity contribution in [3.8, 4) is 0 Å². The Balaban J connectivity index is -0.000000200. The topological polar surface area (TPSA) is 151 Å². The average Bonchev–Trinajstić information content (AvgIpc) is 3.77. The molecule has 1 aromatic carbocycles. The van der Waals surface area contributed by atoms with Gasteiger partial charge in [0.2, 0.25) is 11.8 Å². The van der Waals surface area contributed by atoms with E-state index >= 15 is 0 Å². The Labute approximate surface area is 465 Å². The summed E-state index contributed by atoms with van der Waals surface area (Å²) in [5, 5.41) is 21.4. The van der Waals surface area contributed by atoms with Crippen LogP contribution in [-0.2, 0) is 61.5 Å². The molecule has 0 bridgehead atoms. The Morgan fingerprint density at radius 1 is 0.761 bits per heavy atom. The van der Waals surface area contributed by atoms with Gasteiger partial charge in [0.05, 0.1) is 13.2 Å². The van der Waals surface area contributed by atoms with Gasteiger partial charge in [0.25, 0.3) is 12.4 Å². The Bertz CT molecular complexity index is 1470. The van der Waals surface area contributed by atoms with Crippen molar-refractivity contribution < 1.29 is 71.9 Å². The van der Waals surface area contributed by atoms with Gasteiger partial charge in [0.15, 0.2) is 0 Å². The molecule has 13 unspecified atom stereocenters. The first kappa shape index (κ1) is 80.5. The second-order valence-corrected chi connectivity index (χ2v) is 21.8. The van der Waals surface area contributed by atoms with E-state index in [1.807, 2.05) is 27.7 Å². The Kier molecular flexibility index (Phi) is 46.9.